The van der Waals surface area contributed by atoms with Gasteiger partial charge in [-0.1, -0.05) is 6.07 Å². The lowest BCUT2D eigenvalue weighted by atomic mass is 9.90. The van der Waals surface area contributed by atoms with Gasteiger partial charge in [0.15, 0.2) is 17.3 Å². The minimum atomic E-state index is -0.453. The molecule has 6 nitrogen and oxygen atoms in total. The van der Waals surface area contributed by atoms with E-state index in [9.17, 15) is 9.59 Å². The van der Waals surface area contributed by atoms with Crippen molar-refractivity contribution in [3.05, 3.63) is 62.5 Å². The van der Waals surface area contributed by atoms with Gasteiger partial charge in [-0.3, -0.25) is 4.79 Å². The Bertz CT molecular complexity index is 1220. The van der Waals surface area contributed by atoms with E-state index in [1.165, 1.54) is 0 Å². The van der Waals surface area contributed by atoms with Gasteiger partial charge in [0.1, 0.15) is 17.4 Å². The fraction of sp³-hybridized carbons (Fsp3) is 0.273. The summed E-state index contributed by atoms with van der Waals surface area (Å²) in [6.45, 7) is 5.58. The molecule has 5 rings (SSSR count). The van der Waals surface area contributed by atoms with E-state index in [0.717, 1.165) is 16.7 Å². The van der Waals surface area contributed by atoms with Gasteiger partial charge in [0, 0.05) is 5.56 Å². The summed E-state index contributed by atoms with van der Waals surface area (Å²) in [7, 11) is 0. The molecule has 3 heterocycles. The molecule has 2 aliphatic rings. The molecule has 142 valence electrons. The van der Waals surface area contributed by atoms with Gasteiger partial charge in [-0.2, -0.15) is 0 Å². The third kappa shape index (κ3) is 2.34. The Labute approximate surface area is 160 Å². The standard InChI is InChI=1S/C22H18O6/c1-10-6-18-20(11(2)12(3)22(24)28-18)21-19(10)14(23)8-16(27-21)13-4-5-15-17(7-13)26-9-25-15/h4-7,16H,8-9H2,1-3H3/t16-/m0/s1. The van der Waals surface area contributed by atoms with Gasteiger partial charge < -0.3 is 18.6 Å². The maximum Gasteiger partial charge on any atom is 0.339 e. The third-order valence-corrected chi connectivity index (χ3v) is 5.57. The molecule has 0 saturated heterocycles. The van der Waals surface area contributed by atoms with Crippen molar-refractivity contribution in [1.29, 1.82) is 0 Å². The second-order valence-corrected chi connectivity index (χ2v) is 7.26. The van der Waals surface area contributed by atoms with Gasteiger partial charge in [-0.05, 0) is 55.7 Å². The van der Waals surface area contributed by atoms with Gasteiger partial charge in [0.25, 0.3) is 0 Å². The average Bonchev–Trinajstić information content (AvgIpc) is 3.13. The van der Waals surface area contributed by atoms with Gasteiger partial charge >= 0.3 is 5.63 Å². The minimum absolute atomic E-state index is 0.00608. The number of rotatable bonds is 1. The summed E-state index contributed by atoms with van der Waals surface area (Å²) in [6, 6.07) is 7.29. The number of carbonyl (C=O) groups excluding carboxylic acids is 1. The molecule has 0 radical (unpaired) electrons. The van der Waals surface area contributed by atoms with E-state index in [2.05, 4.69) is 0 Å². The second kappa shape index (κ2) is 5.86. The number of ether oxygens (including phenoxy) is 3. The van der Waals surface area contributed by atoms with Crippen molar-refractivity contribution in [2.45, 2.75) is 33.3 Å². The van der Waals surface area contributed by atoms with Crippen LogP contribution in [0.15, 0.2) is 33.5 Å². The number of carbonyl (C=O) groups is 1. The van der Waals surface area contributed by atoms with Crippen molar-refractivity contribution in [2.24, 2.45) is 0 Å². The third-order valence-electron chi connectivity index (χ3n) is 5.57. The quantitative estimate of drug-likeness (QED) is 0.592. The summed E-state index contributed by atoms with van der Waals surface area (Å²) in [5.74, 6) is 1.82. The van der Waals surface area contributed by atoms with Gasteiger partial charge in [0.05, 0.1) is 17.4 Å². The highest BCUT2D eigenvalue weighted by Gasteiger charge is 2.33. The lowest BCUT2D eigenvalue weighted by Gasteiger charge is -2.28. The predicted octanol–water partition coefficient (Wildman–Crippen LogP) is 4.15. The van der Waals surface area contributed by atoms with Crippen LogP contribution in [0.2, 0.25) is 0 Å². The fourth-order valence-electron chi connectivity index (χ4n) is 3.93. The van der Waals surface area contributed by atoms with Crippen LogP contribution in [-0.2, 0) is 0 Å². The van der Waals surface area contributed by atoms with E-state index < -0.39 is 6.10 Å². The molecule has 1 aromatic heterocycles. The number of Topliss-reactive ketones (excluding diaryl/α,β-unsaturated/α-hetero) is 1. The topological polar surface area (TPSA) is 75.0 Å². The Kier molecular flexibility index (Phi) is 3.53. The molecule has 0 saturated carbocycles. The van der Waals surface area contributed by atoms with Crippen LogP contribution < -0.4 is 19.8 Å². The Morgan fingerprint density at radius 3 is 2.57 bits per heavy atom. The molecule has 0 spiro atoms. The first kappa shape index (κ1) is 16.9. The molecule has 1 atom stereocenters. The number of hydrogen-bond donors (Lipinski definition) is 0. The first-order valence-electron chi connectivity index (χ1n) is 9.11. The Morgan fingerprint density at radius 1 is 0.964 bits per heavy atom. The molecule has 0 amide bonds. The van der Waals surface area contributed by atoms with Crippen molar-refractivity contribution in [1.82, 2.24) is 0 Å². The molecule has 2 aromatic carbocycles. The zero-order chi connectivity index (χ0) is 19.6. The normalized spacial score (nSPS) is 17.5. The van der Waals surface area contributed by atoms with Crippen LogP contribution in [0.4, 0.5) is 0 Å². The second-order valence-electron chi connectivity index (χ2n) is 7.26. The largest absolute Gasteiger partial charge is 0.484 e. The van der Waals surface area contributed by atoms with Crippen LogP contribution in [0.25, 0.3) is 11.0 Å². The van der Waals surface area contributed by atoms with Gasteiger partial charge in [-0.25, -0.2) is 4.79 Å². The summed E-state index contributed by atoms with van der Waals surface area (Å²) < 4.78 is 22.6. The fourth-order valence-corrected chi connectivity index (χ4v) is 3.93. The number of ketones is 1. The number of fused-ring (bicyclic) bond motifs is 4. The molecule has 28 heavy (non-hydrogen) atoms. The van der Waals surface area contributed by atoms with E-state index in [0.29, 0.717) is 39.3 Å². The van der Waals surface area contributed by atoms with Crippen LogP contribution in [-0.4, -0.2) is 12.6 Å². The van der Waals surface area contributed by atoms with Crippen LogP contribution in [0.1, 0.15) is 45.1 Å². The summed E-state index contributed by atoms with van der Waals surface area (Å²) in [5.41, 5.74) is 3.47. The minimum Gasteiger partial charge on any atom is -0.484 e. The van der Waals surface area contributed by atoms with Gasteiger partial charge in [-0.15, -0.1) is 0 Å². The molecule has 0 fully saturated rings. The molecule has 3 aromatic rings. The maximum atomic E-state index is 13.0. The molecule has 0 unspecified atom stereocenters. The predicted molar refractivity (Wildman–Crippen MR) is 102 cm³/mol. The van der Waals surface area contributed by atoms with Crippen LogP contribution >= 0.6 is 0 Å². The van der Waals surface area contributed by atoms with E-state index in [1.54, 1.807) is 13.0 Å². The molecule has 6 heteroatoms. The summed E-state index contributed by atoms with van der Waals surface area (Å²) in [5, 5.41) is 0.677. The van der Waals surface area contributed by atoms with Crippen LogP contribution in [0.5, 0.6) is 17.2 Å². The lowest BCUT2D eigenvalue weighted by molar-refractivity contribution is 0.0852. The molecule has 0 aliphatic carbocycles. The molecular formula is C22H18O6. The molecular weight excluding hydrogens is 360 g/mol. The smallest absolute Gasteiger partial charge is 0.339 e. The Hall–Kier alpha value is -3.28. The monoisotopic (exact) mass is 378 g/mol. The average molecular weight is 378 g/mol. The zero-order valence-electron chi connectivity index (χ0n) is 15.8. The highest BCUT2D eigenvalue weighted by atomic mass is 16.7. The van der Waals surface area contributed by atoms with Crippen LogP contribution in [0, 0.1) is 20.8 Å². The summed E-state index contributed by atoms with van der Waals surface area (Å²) in [6.07, 6.45) is -0.223. The Balaban J connectivity index is 1.70. The first-order valence-corrected chi connectivity index (χ1v) is 9.11. The van der Waals surface area contributed by atoms with E-state index in [4.69, 9.17) is 18.6 Å². The number of aryl methyl sites for hydroxylation is 2. The molecule has 0 bridgehead atoms. The summed E-state index contributed by atoms with van der Waals surface area (Å²) in [4.78, 5) is 25.1. The van der Waals surface area contributed by atoms with Crippen molar-refractivity contribution < 1.29 is 23.4 Å². The SMILES string of the molecule is Cc1cc2oc(=O)c(C)c(C)c2c2c1C(=O)C[C@@H](c1ccc3c(c1)OCO3)O2. The van der Waals surface area contributed by atoms with E-state index in [1.807, 2.05) is 32.0 Å². The molecule has 0 N–H and O–H groups in total. The van der Waals surface area contributed by atoms with Crippen molar-refractivity contribution >= 4 is 16.8 Å². The van der Waals surface area contributed by atoms with E-state index >= 15 is 0 Å². The lowest BCUT2D eigenvalue weighted by Crippen LogP contribution is -2.22. The summed E-state index contributed by atoms with van der Waals surface area (Å²) >= 11 is 0. The zero-order valence-corrected chi connectivity index (χ0v) is 15.8. The Morgan fingerprint density at radius 2 is 1.75 bits per heavy atom. The van der Waals surface area contributed by atoms with Crippen molar-refractivity contribution in [3.63, 3.8) is 0 Å². The first-order chi connectivity index (χ1) is 13.4. The number of benzene rings is 2. The van der Waals surface area contributed by atoms with Crippen molar-refractivity contribution in [3.8, 4) is 17.2 Å². The van der Waals surface area contributed by atoms with Crippen molar-refractivity contribution in [2.75, 3.05) is 6.79 Å². The highest BCUT2D eigenvalue weighted by molar-refractivity contribution is 6.07. The maximum absolute atomic E-state index is 13.0. The highest BCUT2D eigenvalue weighted by Crippen LogP contribution is 2.44. The van der Waals surface area contributed by atoms with Gasteiger partial charge in [0.2, 0.25) is 6.79 Å². The van der Waals surface area contributed by atoms with E-state index in [-0.39, 0.29) is 24.6 Å². The molecule has 2 aliphatic heterocycles. The number of hydrogen-bond acceptors (Lipinski definition) is 6. The van der Waals surface area contributed by atoms with Crippen LogP contribution in [0.3, 0.4) is 0 Å².